The van der Waals surface area contributed by atoms with Gasteiger partial charge in [-0.05, 0) is 49.1 Å². The number of carbonyl (C=O) groups is 1. The molecule has 0 heterocycles. The van der Waals surface area contributed by atoms with Gasteiger partial charge < -0.3 is 10.2 Å². The van der Waals surface area contributed by atoms with Crippen LogP contribution >= 0.6 is 11.8 Å². The first-order valence-corrected chi connectivity index (χ1v) is 7.52. The van der Waals surface area contributed by atoms with Gasteiger partial charge >= 0.3 is 0 Å². The maximum atomic E-state index is 12.3. The monoisotopic (exact) mass is 266 g/mol. The fraction of sp³-hybridized carbons (Fsp3) is 0.500. The summed E-state index contributed by atoms with van der Waals surface area (Å²) in [6, 6.07) is 5.84. The number of aryl methyl sites for hydroxylation is 1. The van der Waals surface area contributed by atoms with Crippen molar-refractivity contribution in [3.05, 3.63) is 29.3 Å². The number of amides is 1. The predicted octanol–water partition coefficient (Wildman–Crippen LogP) is 2.86. The lowest BCUT2D eigenvalue weighted by molar-refractivity contribution is 0.0795. The largest absolute Gasteiger partial charge is 0.388 e. The van der Waals surface area contributed by atoms with Gasteiger partial charge in [0.15, 0.2) is 0 Å². The van der Waals surface area contributed by atoms with E-state index in [1.807, 2.05) is 51.0 Å². The van der Waals surface area contributed by atoms with Crippen LogP contribution in [-0.2, 0) is 0 Å². The Morgan fingerprint density at radius 3 is 2.72 bits per heavy atom. The van der Waals surface area contributed by atoms with Crippen molar-refractivity contribution in [1.29, 1.82) is 0 Å². The van der Waals surface area contributed by atoms with Crippen LogP contribution in [0, 0.1) is 6.92 Å². The lowest BCUT2D eigenvalue weighted by atomic mass is 10.1. The summed E-state index contributed by atoms with van der Waals surface area (Å²) in [5, 5.41) is 3.08. The van der Waals surface area contributed by atoms with E-state index >= 15 is 0 Å². The smallest absolute Gasteiger partial charge is 0.253 e. The topological polar surface area (TPSA) is 32.3 Å². The Hall–Kier alpha value is -1.16. The van der Waals surface area contributed by atoms with Crippen LogP contribution < -0.4 is 5.32 Å². The standard InChI is InChI=1S/C14H22N2OS/c1-11-10-12(15-2)6-7-13(11)14(17)16(3)8-5-9-18-4/h6-7,10,15H,5,8-9H2,1-4H3. The van der Waals surface area contributed by atoms with E-state index in [4.69, 9.17) is 0 Å². The van der Waals surface area contributed by atoms with Gasteiger partial charge in [0.1, 0.15) is 0 Å². The molecule has 0 aliphatic heterocycles. The molecule has 100 valence electrons. The second-order valence-electron chi connectivity index (χ2n) is 4.35. The van der Waals surface area contributed by atoms with E-state index in [1.54, 1.807) is 4.90 Å². The van der Waals surface area contributed by atoms with E-state index < -0.39 is 0 Å². The SMILES string of the molecule is CNc1ccc(C(=O)N(C)CCCSC)c(C)c1. The molecule has 0 spiro atoms. The molecule has 0 aliphatic carbocycles. The Balaban J connectivity index is 2.71. The molecule has 0 bridgehead atoms. The molecule has 0 saturated heterocycles. The Kier molecular flexibility index (Phi) is 6.05. The Morgan fingerprint density at radius 2 is 2.17 bits per heavy atom. The lowest BCUT2D eigenvalue weighted by Gasteiger charge is -2.18. The molecule has 18 heavy (non-hydrogen) atoms. The number of anilines is 1. The molecular formula is C14H22N2OS. The maximum absolute atomic E-state index is 12.3. The van der Waals surface area contributed by atoms with Gasteiger partial charge in [0.05, 0.1) is 0 Å². The van der Waals surface area contributed by atoms with Crippen molar-refractivity contribution in [2.24, 2.45) is 0 Å². The molecule has 0 atom stereocenters. The second kappa shape index (κ2) is 7.31. The summed E-state index contributed by atoms with van der Waals surface area (Å²) in [5.74, 6) is 1.20. The molecule has 3 nitrogen and oxygen atoms in total. The number of hydrogen-bond acceptors (Lipinski definition) is 3. The molecule has 0 aliphatic rings. The number of carbonyl (C=O) groups excluding carboxylic acids is 1. The van der Waals surface area contributed by atoms with Crippen LogP contribution in [0.25, 0.3) is 0 Å². The second-order valence-corrected chi connectivity index (χ2v) is 5.34. The molecule has 0 fully saturated rings. The molecule has 4 heteroatoms. The van der Waals surface area contributed by atoms with Crippen LogP contribution in [0.4, 0.5) is 5.69 Å². The highest BCUT2D eigenvalue weighted by Crippen LogP contribution is 2.16. The van der Waals surface area contributed by atoms with Crippen molar-refractivity contribution < 1.29 is 4.79 Å². The first-order chi connectivity index (χ1) is 8.60. The molecule has 0 aromatic heterocycles. The summed E-state index contributed by atoms with van der Waals surface area (Å²) in [5.41, 5.74) is 2.85. The molecule has 0 unspecified atom stereocenters. The zero-order valence-electron chi connectivity index (χ0n) is 11.6. The Bertz CT molecular complexity index is 407. The van der Waals surface area contributed by atoms with E-state index in [2.05, 4.69) is 11.6 Å². The minimum absolute atomic E-state index is 0.108. The minimum atomic E-state index is 0.108. The van der Waals surface area contributed by atoms with Crippen molar-refractivity contribution in [2.75, 3.05) is 38.0 Å². The molecule has 0 saturated carbocycles. The van der Waals surface area contributed by atoms with Crippen molar-refractivity contribution in [3.8, 4) is 0 Å². The molecule has 1 N–H and O–H groups in total. The third-order valence-electron chi connectivity index (χ3n) is 2.93. The van der Waals surface area contributed by atoms with Gasteiger partial charge in [-0.1, -0.05) is 0 Å². The highest BCUT2D eigenvalue weighted by molar-refractivity contribution is 7.98. The quantitative estimate of drug-likeness (QED) is 0.804. The van der Waals surface area contributed by atoms with Crippen LogP contribution in [0.15, 0.2) is 18.2 Å². The fourth-order valence-electron chi connectivity index (χ4n) is 1.81. The molecular weight excluding hydrogens is 244 g/mol. The molecule has 1 aromatic rings. The maximum Gasteiger partial charge on any atom is 0.253 e. The minimum Gasteiger partial charge on any atom is -0.388 e. The highest BCUT2D eigenvalue weighted by Gasteiger charge is 2.13. The summed E-state index contributed by atoms with van der Waals surface area (Å²) >= 11 is 1.81. The average molecular weight is 266 g/mol. The van der Waals surface area contributed by atoms with E-state index in [9.17, 15) is 4.79 Å². The van der Waals surface area contributed by atoms with Gasteiger partial charge in [-0.25, -0.2) is 0 Å². The van der Waals surface area contributed by atoms with Crippen molar-refractivity contribution in [2.45, 2.75) is 13.3 Å². The zero-order valence-corrected chi connectivity index (χ0v) is 12.4. The van der Waals surface area contributed by atoms with Crippen molar-refractivity contribution in [3.63, 3.8) is 0 Å². The van der Waals surface area contributed by atoms with E-state index in [-0.39, 0.29) is 5.91 Å². The normalized spacial score (nSPS) is 10.2. The first kappa shape index (κ1) is 14.9. The summed E-state index contributed by atoms with van der Waals surface area (Å²) < 4.78 is 0. The van der Waals surface area contributed by atoms with Crippen LogP contribution in [0.3, 0.4) is 0 Å². The highest BCUT2D eigenvalue weighted by atomic mass is 32.2. The zero-order chi connectivity index (χ0) is 13.5. The Morgan fingerprint density at radius 1 is 1.44 bits per heavy atom. The molecule has 1 rings (SSSR count). The first-order valence-electron chi connectivity index (χ1n) is 6.13. The Labute approximate surface area is 114 Å². The van der Waals surface area contributed by atoms with Crippen molar-refractivity contribution in [1.82, 2.24) is 4.90 Å². The third-order valence-corrected chi connectivity index (χ3v) is 3.63. The molecule has 0 radical (unpaired) electrons. The van der Waals surface area contributed by atoms with Crippen LogP contribution in [0.1, 0.15) is 22.3 Å². The fourth-order valence-corrected chi connectivity index (χ4v) is 2.23. The van der Waals surface area contributed by atoms with Gasteiger partial charge in [-0.2, -0.15) is 11.8 Å². The van der Waals surface area contributed by atoms with Gasteiger partial charge in [0.2, 0.25) is 0 Å². The summed E-state index contributed by atoms with van der Waals surface area (Å²) in [6.45, 7) is 2.79. The molecule has 1 amide bonds. The summed E-state index contributed by atoms with van der Waals surface area (Å²) in [7, 11) is 3.75. The lowest BCUT2D eigenvalue weighted by Crippen LogP contribution is -2.28. The number of thioether (sulfide) groups is 1. The van der Waals surface area contributed by atoms with Gasteiger partial charge in [-0.15, -0.1) is 0 Å². The molecule has 1 aromatic carbocycles. The number of nitrogens with zero attached hydrogens (tertiary/aromatic N) is 1. The third kappa shape index (κ3) is 3.95. The van der Waals surface area contributed by atoms with E-state index in [0.29, 0.717) is 0 Å². The average Bonchev–Trinajstić information content (AvgIpc) is 2.38. The van der Waals surface area contributed by atoms with Gasteiger partial charge in [0.25, 0.3) is 5.91 Å². The van der Waals surface area contributed by atoms with E-state index in [0.717, 1.165) is 35.5 Å². The van der Waals surface area contributed by atoms with Gasteiger partial charge in [-0.3, -0.25) is 4.79 Å². The van der Waals surface area contributed by atoms with Crippen LogP contribution in [0.2, 0.25) is 0 Å². The number of nitrogens with one attached hydrogen (secondary N) is 1. The number of hydrogen-bond donors (Lipinski definition) is 1. The summed E-state index contributed by atoms with van der Waals surface area (Å²) in [6.07, 6.45) is 3.12. The van der Waals surface area contributed by atoms with E-state index in [1.165, 1.54) is 0 Å². The van der Waals surface area contributed by atoms with Crippen molar-refractivity contribution >= 4 is 23.4 Å². The van der Waals surface area contributed by atoms with Gasteiger partial charge in [0, 0.05) is 31.9 Å². The number of rotatable bonds is 6. The predicted molar refractivity (Wildman–Crippen MR) is 80.7 cm³/mol. The summed E-state index contributed by atoms with van der Waals surface area (Å²) in [4.78, 5) is 14.1. The number of benzene rings is 1. The van der Waals surface area contributed by atoms with Crippen LogP contribution in [-0.4, -0.2) is 43.5 Å². The van der Waals surface area contributed by atoms with Crippen LogP contribution in [0.5, 0.6) is 0 Å².